The van der Waals surface area contributed by atoms with E-state index in [9.17, 15) is 9.59 Å². The van der Waals surface area contributed by atoms with Crippen molar-refractivity contribution in [3.63, 3.8) is 0 Å². The zero-order chi connectivity index (χ0) is 20.2. The molecular weight excluding hydrogens is 384 g/mol. The number of carbonyl (C=O) groups excluding carboxylic acids is 1. The first-order valence-electron chi connectivity index (χ1n) is 9.60. The van der Waals surface area contributed by atoms with Crippen molar-refractivity contribution in [2.45, 2.75) is 30.8 Å². The van der Waals surface area contributed by atoms with Gasteiger partial charge in [0, 0.05) is 30.2 Å². The summed E-state index contributed by atoms with van der Waals surface area (Å²) >= 11 is 1.35. The van der Waals surface area contributed by atoms with E-state index in [0.717, 1.165) is 41.9 Å². The number of amides is 1. The molecule has 3 aromatic rings. The van der Waals surface area contributed by atoms with E-state index in [1.54, 1.807) is 22.7 Å². The van der Waals surface area contributed by atoms with Crippen LogP contribution in [0.3, 0.4) is 0 Å². The fourth-order valence-electron chi connectivity index (χ4n) is 3.54. The molecule has 1 aliphatic carbocycles. The number of hydrogen-bond acceptors (Lipinski definition) is 5. The zero-order valence-corrected chi connectivity index (χ0v) is 17.1. The molecule has 0 saturated carbocycles. The lowest BCUT2D eigenvalue weighted by Crippen LogP contribution is -2.29. The Hall–Kier alpha value is -2.93. The van der Waals surface area contributed by atoms with Crippen molar-refractivity contribution in [3.8, 4) is 0 Å². The molecule has 29 heavy (non-hydrogen) atoms. The average molecular weight is 407 g/mol. The van der Waals surface area contributed by atoms with Crippen LogP contribution in [-0.4, -0.2) is 33.2 Å². The van der Waals surface area contributed by atoms with Gasteiger partial charge < -0.3 is 4.90 Å². The minimum absolute atomic E-state index is 0.0209. The van der Waals surface area contributed by atoms with E-state index < -0.39 is 0 Å². The van der Waals surface area contributed by atoms with Gasteiger partial charge in [-0.25, -0.2) is 4.79 Å². The second-order valence-corrected chi connectivity index (χ2v) is 7.93. The fourth-order valence-corrected chi connectivity index (χ4v) is 4.54. The summed E-state index contributed by atoms with van der Waals surface area (Å²) in [4.78, 5) is 35.6. The molecule has 6 nitrogen and oxygen atoms in total. The highest BCUT2D eigenvalue weighted by Gasteiger charge is 2.23. The van der Waals surface area contributed by atoms with E-state index in [2.05, 4.69) is 9.97 Å². The van der Waals surface area contributed by atoms with Crippen LogP contribution in [0.15, 0.2) is 64.5 Å². The quantitative estimate of drug-likeness (QED) is 0.465. The van der Waals surface area contributed by atoms with Crippen molar-refractivity contribution in [2.75, 3.05) is 17.7 Å². The Morgan fingerprint density at radius 3 is 2.69 bits per heavy atom. The predicted octanol–water partition coefficient (Wildman–Crippen LogP) is 2.93. The molecule has 0 N–H and O–H groups in total. The first-order valence-corrected chi connectivity index (χ1v) is 10.6. The minimum atomic E-state index is -0.275. The van der Waals surface area contributed by atoms with Crippen molar-refractivity contribution >= 4 is 23.4 Å². The molecule has 0 bridgehead atoms. The molecule has 1 aliphatic rings. The standard InChI is InChI=1S/C22H22N4O2S/c1-25(17-9-3-2-4-10-17)20(27)15-29-21-18-11-7-12-19(18)26(22(28)24-21)14-16-8-5-6-13-23-16/h2-6,8-10,13H,7,11-12,14-15H2,1H3. The predicted molar refractivity (Wildman–Crippen MR) is 114 cm³/mol. The normalized spacial score (nSPS) is 12.6. The molecule has 0 aliphatic heterocycles. The van der Waals surface area contributed by atoms with Crippen LogP contribution in [0.2, 0.25) is 0 Å². The molecular formula is C22H22N4O2S. The molecule has 1 amide bonds. The Bertz CT molecular complexity index is 1070. The fraction of sp³-hybridized carbons (Fsp3) is 0.273. The van der Waals surface area contributed by atoms with Gasteiger partial charge in [-0.1, -0.05) is 36.0 Å². The van der Waals surface area contributed by atoms with Crippen LogP contribution in [0.1, 0.15) is 23.4 Å². The van der Waals surface area contributed by atoms with Gasteiger partial charge in [-0.3, -0.25) is 14.3 Å². The molecule has 2 heterocycles. The lowest BCUT2D eigenvalue weighted by molar-refractivity contribution is -0.115. The number of hydrogen-bond donors (Lipinski definition) is 0. The first kappa shape index (κ1) is 19.4. The van der Waals surface area contributed by atoms with E-state index in [1.165, 1.54) is 11.8 Å². The van der Waals surface area contributed by atoms with Crippen LogP contribution < -0.4 is 10.6 Å². The van der Waals surface area contributed by atoms with Gasteiger partial charge in [0.05, 0.1) is 18.0 Å². The monoisotopic (exact) mass is 406 g/mol. The lowest BCUT2D eigenvalue weighted by atomic mass is 10.2. The van der Waals surface area contributed by atoms with Gasteiger partial charge in [-0.2, -0.15) is 4.98 Å². The summed E-state index contributed by atoms with van der Waals surface area (Å²) in [6.45, 7) is 0.426. The summed E-state index contributed by atoms with van der Waals surface area (Å²) in [5.74, 6) is 0.224. The average Bonchev–Trinajstić information content (AvgIpc) is 3.25. The van der Waals surface area contributed by atoms with E-state index in [-0.39, 0.29) is 17.3 Å². The lowest BCUT2D eigenvalue weighted by Gasteiger charge is -2.18. The van der Waals surface area contributed by atoms with Gasteiger partial charge in [0.25, 0.3) is 0 Å². The third-order valence-electron chi connectivity index (χ3n) is 5.10. The van der Waals surface area contributed by atoms with E-state index in [4.69, 9.17) is 0 Å². The van der Waals surface area contributed by atoms with Gasteiger partial charge >= 0.3 is 5.69 Å². The second-order valence-electron chi connectivity index (χ2n) is 6.96. The first-order chi connectivity index (χ1) is 14.1. The van der Waals surface area contributed by atoms with Crippen LogP contribution in [0.5, 0.6) is 0 Å². The maximum atomic E-state index is 12.7. The number of nitrogens with zero attached hydrogens (tertiary/aromatic N) is 4. The topological polar surface area (TPSA) is 68.1 Å². The highest BCUT2D eigenvalue weighted by molar-refractivity contribution is 8.00. The molecule has 0 saturated heterocycles. The van der Waals surface area contributed by atoms with Gasteiger partial charge in [0.15, 0.2) is 0 Å². The Balaban J connectivity index is 1.53. The Kier molecular flexibility index (Phi) is 5.76. The molecule has 4 rings (SSSR count). The summed E-state index contributed by atoms with van der Waals surface area (Å²) in [7, 11) is 1.76. The van der Waals surface area contributed by atoms with Crippen LogP contribution in [0.4, 0.5) is 5.69 Å². The van der Waals surface area contributed by atoms with Crippen LogP contribution in [-0.2, 0) is 24.2 Å². The van der Waals surface area contributed by atoms with Crippen molar-refractivity contribution in [1.29, 1.82) is 0 Å². The molecule has 0 radical (unpaired) electrons. The van der Waals surface area contributed by atoms with E-state index in [1.807, 2.05) is 48.5 Å². The van der Waals surface area contributed by atoms with Crippen molar-refractivity contribution in [3.05, 3.63) is 82.2 Å². The number of para-hydroxylation sites is 1. The maximum absolute atomic E-state index is 12.7. The molecule has 1 aromatic carbocycles. The van der Waals surface area contributed by atoms with Crippen molar-refractivity contribution in [2.24, 2.45) is 0 Å². The highest BCUT2D eigenvalue weighted by Crippen LogP contribution is 2.29. The van der Waals surface area contributed by atoms with Gasteiger partial charge in [0.1, 0.15) is 5.03 Å². The zero-order valence-electron chi connectivity index (χ0n) is 16.2. The molecule has 7 heteroatoms. The Labute approximate surface area is 173 Å². The second kappa shape index (κ2) is 8.61. The molecule has 0 atom stereocenters. The molecule has 0 spiro atoms. The van der Waals surface area contributed by atoms with Crippen LogP contribution in [0, 0.1) is 0 Å². The van der Waals surface area contributed by atoms with Gasteiger partial charge in [0.2, 0.25) is 5.91 Å². The van der Waals surface area contributed by atoms with Gasteiger partial charge in [-0.15, -0.1) is 0 Å². The van der Waals surface area contributed by atoms with E-state index in [0.29, 0.717) is 11.6 Å². The van der Waals surface area contributed by atoms with E-state index >= 15 is 0 Å². The summed E-state index contributed by atoms with van der Waals surface area (Å²) in [6, 6.07) is 15.2. The highest BCUT2D eigenvalue weighted by atomic mass is 32.2. The third-order valence-corrected chi connectivity index (χ3v) is 6.10. The molecule has 148 valence electrons. The van der Waals surface area contributed by atoms with Crippen LogP contribution in [0.25, 0.3) is 0 Å². The smallest absolute Gasteiger partial charge is 0.315 e. The molecule has 0 fully saturated rings. The van der Waals surface area contributed by atoms with Crippen molar-refractivity contribution in [1.82, 2.24) is 14.5 Å². The number of carbonyl (C=O) groups is 1. The number of benzene rings is 1. The number of pyridine rings is 1. The SMILES string of the molecule is CN(C(=O)CSc1nc(=O)n(Cc2ccccn2)c2c1CCC2)c1ccccc1. The Morgan fingerprint density at radius 2 is 1.93 bits per heavy atom. The molecule has 2 aromatic heterocycles. The summed E-state index contributed by atoms with van der Waals surface area (Å²) in [6.07, 6.45) is 4.46. The number of thioether (sulfide) groups is 1. The Morgan fingerprint density at radius 1 is 1.14 bits per heavy atom. The maximum Gasteiger partial charge on any atom is 0.349 e. The number of aromatic nitrogens is 3. The van der Waals surface area contributed by atoms with Crippen LogP contribution >= 0.6 is 11.8 Å². The number of rotatable bonds is 6. The molecule has 0 unspecified atom stereocenters. The van der Waals surface area contributed by atoms with Gasteiger partial charge in [-0.05, 0) is 43.5 Å². The summed E-state index contributed by atoms with van der Waals surface area (Å²) in [5, 5.41) is 0.689. The summed E-state index contributed by atoms with van der Waals surface area (Å²) < 4.78 is 1.73. The number of fused-ring (bicyclic) bond motifs is 1. The summed E-state index contributed by atoms with van der Waals surface area (Å²) in [5.41, 5.74) is 3.54. The van der Waals surface area contributed by atoms with Crippen molar-refractivity contribution < 1.29 is 4.79 Å². The third kappa shape index (κ3) is 4.24. The largest absolute Gasteiger partial charge is 0.349 e. The number of anilines is 1. The minimum Gasteiger partial charge on any atom is -0.315 e.